The van der Waals surface area contributed by atoms with Crippen molar-refractivity contribution in [2.45, 2.75) is 104 Å². The topological polar surface area (TPSA) is 60.7 Å². The van der Waals surface area contributed by atoms with Gasteiger partial charge in [-0.1, -0.05) is 51.0 Å². The molecule has 0 heterocycles. The van der Waals surface area contributed by atoms with Gasteiger partial charge in [0, 0.05) is 6.42 Å². The van der Waals surface area contributed by atoms with Crippen LogP contribution in [-0.4, -0.2) is 27.0 Å². The van der Waals surface area contributed by atoms with Gasteiger partial charge in [-0.25, -0.2) is 0 Å². The lowest BCUT2D eigenvalue weighted by atomic mass is 9.60. The molecule has 3 rings (SSSR count). The first-order chi connectivity index (χ1) is 14.5. The summed E-state index contributed by atoms with van der Waals surface area (Å²) in [6.45, 7) is 13.0. The van der Waals surface area contributed by atoms with Gasteiger partial charge in [-0.2, -0.15) is 0 Å². The van der Waals surface area contributed by atoms with Crippen LogP contribution in [0.3, 0.4) is 0 Å². The van der Waals surface area contributed by atoms with Crippen molar-refractivity contribution < 1.29 is 15.3 Å². The molecule has 3 N–H and O–H groups in total. The van der Waals surface area contributed by atoms with Crippen molar-refractivity contribution in [2.24, 2.45) is 23.2 Å². The van der Waals surface area contributed by atoms with Crippen LogP contribution in [0.15, 0.2) is 47.3 Å². The fraction of sp³-hybridized carbons (Fsp3) is 0.714. The molecule has 5 atom stereocenters. The van der Waals surface area contributed by atoms with Crippen molar-refractivity contribution in [1.29, 1.82) is 0 Å². The van der Waals surface area contributed by atoms with Gasteiger partial charge in [0.25, 0.3) is 0 Å². The van der Waals surface area contributed by atoms with Crippen LogP contribution in [0.5, 0.6) is 0 Å². The Morgan fingerprint density at radius 3 is 2.65 bits per heavy atom. The van der Waals surface area contributed by atoms with Crippen molar-refractivity contribution in [3.8, 4) is 0 Å². The molecule has 0 bridgehead atoms. The van der Waals surface area contributed by atoms with Crippen LogP contribution in [0.2, 0.25) is 0 Å². The molecule has 0 aliphatic heterocycles. The van der Waals surface area contributed by atoms with Gasteiger partial charge in [0.15, 0.2) is 0 Å². The van der Waals surface area contributed by atoms with Gasteiger partial charge < -0.3 is 15.3 Å². The number of rotatable bonds is 6. The fourth-order valence-electron chi connectivity index (χ4n) is 6.76. The lowest BCUT2D eigenvalue weighted by molar-refractivity contribution is 0.0596. The Kier molecular flexibility index (Phi) is 7.58. The van der Waals surface area contributed by atoms with E-state index >= 15 is 0 Å². The molecule has 3 aliphatic carbocycles. The van der Waals surface area contributed by atoms with Crippen LogP contribution in [0.4, 0.5) is 0 Å². The summed E-state index contributed by atoms with van der Waals surface area (Å²) < 4.78 is 0. The van der Waals surface area contributed by atoms with E-state index in [1.165, 1.54) is 38.5 Å². The molecule has 31 heavy (non-hydrogen) atoms. The second-order valence-electron chi connectivity index (χ2n) is 11.4. The van der Waals surface area contributed by atoms with Crippen LogP contribution >= 0.6 is 0 Å². The highest BCUT2D eigenvalue weighted by Gasteiger charge is 2.50. The Balaban J connectivity index is 1.70. The second-order valence-corrected chi connectivity index (χ2v) is 11.4. The Hall–Kier alpha value is -1.32. The van der Waals surface area contributed by atoms with Crippen LogP contribution < -0.4 is 0 Å². The molecule has 1 unspecified atom stereocenters. The Bertz CT molecular complexity index is 751. The summed E-state index contributed by atoms with van der Waals surface area (Å²) in [5, 5.41) is 29.6. The van der Waals surface area contributed by atoms with Crippen molar-refractivity contribution >= 4 is 0 Å². The minimum absolute atomic E-state index is 0.382. The molecule has 0 radical (unpaired) electrons. The average molecular weight is 429 g/mol. The van der Waals surface area contributed by atoms with Crippen LogP contribution in [0, 0.1) is 23.2 Å². The normalized spacial score (nSPS) is 36.9. The summed E-state index contributed by atoms with van der Waals surface area (Å²) >= 11 is 0. The second kappa shape index (κ2) is 9.67. The van der Waals surface area contributed by atoms with Crippen molar-refractivity contribution in [3.05, 3.63) is 47.3 Å². The first kappa shape index (κ1) is 24.3. The zero-order valence-electron chi connectivity index (χ0n) is 20.2. The Morgan fingerprint density at radius 1 is 1.23 bits per heavy atom. The van der Waals surface area contributed by atoms with Gasteiger partial charge in [-0.3, -0.25) is 0 Å². The maximum absolute atomic E-state index is 10.3. The van der Waals surface area contributed by atoms with Gasteiger partial charge in [-0.15, -0.1) is 0 Å². The number of aliphatic hydroxyl groups excluding tert-OH is 2. The van der Waals surface area contributed by atoms with E-state index < -0.39 is 11.7 Å². The highest BCUT2D eigenvalue weighted by Crippen LogP contribution is 2.60. The zero-order valence-corrected chi connectivity index (χ0v) is 20.2. The Labute approximate surface area is 189 Å². The van der Waals surface area contributed by atoms with Crippen LogP contribution in [0.25, 0.3) is 0 Å². The minimum atomic E-state index is -0.600. The molecular weight excluding hydrogens is 384 g/mol. The summed E-state index contributed by atoms with van der Waals surface area (Å²) in [6.07, 6.45) is 15.6. The molecule has 0 amide bonds. The molecule has 3 fully saturated rings. The standard InChI is InChI=1S/C28H44O3/c1-19(8-6-14-27(3,4)31)24-12-13-25-21(9-7-15-28(24,25)5)10-11-22-17-26(30)23(18-29)16-20(22)2/h10-11,18-19,24-26,29-31H,2,6-9,12-17H2,1,3-5H3/b21-10?,22-11-,23-18?/t19-,24+,25?,26+,28+/m0/s1. The fourth-order valence-corrected chi connectivity index (χ4v) is 6.76. The lowest BCUT2D eigenvalue weighted by Crippen LogP contribution is -2.36. The molecule has 0 aromatic carbocycles. The zero-order chi connectivity index (χ0) is 22.8. The van der Waals surface area contributed by atoms with Crippen molar-refractivity contribution in [3.63, 3.8) is 0 Å². The van der Waals surface area contributed by atoms with Crippen LogP contribution in [-0.2, 0) is 0 Å². The average Bonchev–Trinajstić information content (AvgIpc) is 3.04. The smallest absolute Gasteiger partial charge is 0.0826 e. The molecule has 3 saturated carbocycles. The van der Waals surface area contributed by atoms with Crippen LogP contribution in [0.1, 0.15) is 91.9 Å². The predicted octanol–water partition coefficient (Wildman–Crippen LogP) is 6.79. The number of allylic oxidation sites excluding steroid dienone is 4. The summed E-state index contributed by atoms with van der Waals surface area (Å²) in [7, 11) is 0. The van der Waals surface area contributed by atoms with E-state index in [9.17, 15) is 15.3 Å². The molecule has 0 spiro atoms. The van der Waals surface area contributed by atoms with Gasteiger partial charge in [0.05, 0.1) is 18.0 Å². The van der Waals surface area contributed by atoms with E-state index in [2.05, 4.69) is 32.6 Å². The number of aliphatic hydroxyl groups is 3. The van der Waals surface area contributed by atoms with Gasteiger partial charge in [0.2, 0.25) is 0 Å². The van der Waals surface area contributed by atoms with Gasteiger partial charge in [0.1, 0.15) is 0 Å². The SMILES string of the molecule is C=C1CC(=CO)[C@H](O)C/C1=C/C=C1CCC[C@@]2(C)C1CC[C@@H]2[C@@H](C)CCCC(C)(C)O. The highest BCUT2D eigenvalue weighted by atomic mass is 16.3. The molecule has 174 valence electrons. The number of fused-ring (bicyclic) bond motifs is 1. The summed E-state index contributed by atoms with van der Waals surface area (Å²) in [6, 6.07) is 0. The molecule has 3 heteroatoms. The van der Waals surface area contributed by atoms with E-state index in [-0.39, 0.29) is 0 Å². The first-order valence-corrected chi connectivity index (χ1v) is 12.4. The van der Waals surface area contributed by atoms with E-state index in [1.54, 1.807) is 5.57 Å². The molecule has 0 aromatic rings. The first-order valence-electron chi connectivity index (χ1n) is 12.4. The maximum atomic E-state index is 10.3. The molecule has 0 saturated heterocycles. The van der Waals surface area contributed by atoms with E-state index in [0.717, 1.165) is 36.2 Å². The van der Waals surface area contributed by atoms with E-state index in [1.807, 2.05) is 13.8 Å². The predicted molar refractivity (Wildman–Crippen MR) is 129 cm³/mol. The number of hydrogen-bond donors (Lipinski definition) is 3. The third kappa shape index (κ3) is 5.54. The summed E-state index contributed by atoms with van der Waals surface area (Å²) in [5.41, 5.74) is 4.20. The van der Waals surface area contributed by atoms with E-state index in [0.29, 0.717) is 35.7 Å². The number of hydrogen-bond acceptors (Lipinski definition) is 3. The minimum Gasteiger partial charge on any atom is -0.516 e. The molecular formula is C28H44O3. The highest BCUT2D eigenvalue weighted by molar-refractivity contribution is 5.41. The quantitative estimate of drug-likeness (QED) is 0.408. The summed E-state index contributed by atoms with van der Waals surface area (Å²) in [5.74, 6) is 2.13. The maximum Gasteiger partial charge on any atom is 0.0826 e. The molecule has 3 nitrogen and oxygen atoms in total. The largest absolute Gasteiger partial charge is 0.516 e. The van der Waals surface area contributed by atoms with Crippen molar-refractivity contribution in [2.75, 3.05) is 0 Å². The van der Waals surface area contributed by atoms with Gasteiger partial charge >= 0.3 is 0 Å². The molecule has 3 aliphatic rings. The third-order valence-electron chi connectivity index (χ3n) is 8.55. The third-order valence-corrected chi connectivity index (χ3v) is 8.55. The monoisotopic (exact) mass is 428 g/mol. The Morgan fingerprint density at radius 2 is 1.97 bits per heavy atom. The van der Waals surface area contributed by atoms with Gasteiger partial charge in [-0.05, 0) is 98.7 Å². The summed E-state index contributed by atoms with van der Waals surface area (Å²) in [4.78, 5) is 0. The molecule has 0 aromatic heterocycles. The van der Waals surface area contributed by atoms with E-state index in [4.69, 9.17) is 0 Å². The lowest BCUT2D eigenvalue weighted by Gasteiger charge is -2.44. The van der Waals surface area contributed by atoms with Crippen molar-refractivity contribution in [1.82, 2.24) is 0 Å².